The number of hydrogen-bond acceptors (Lipinski definition) is 6. The van der Waals surface area contributed by atoms with Crippen molar-refractivity contribution in [3.63, 3.8) is 0 Å². The molecule has 3 aromatic rings. The van der Waals surface area contributed by atoms with Crippen LogP contribution in [0.15, 0.2) is 51.6 Å². The van der Waals surface area contributed by atoms with Crippen LogP contribution in [0.4, 0.5) is 0 Å². The van der Waals surface area contributed by atoms with E-state index in [1.807, 2.05) is 47.2 Å². The first-order chi connectivity index (χ1) is 13.1. The van der Waals surface area contributed by atoms with Gasteiger partial charge in [-0.2, -0.15) is 11.3 Å². The maximum absolute atomic E-state index is 12.5. The Morgan fingerprint density at radius 1 is 1.11 bits per heavy atom. The quantitative estimate of drug-likeness (QED) is 0.608. The molecule has 7 nitrogen and oxygen atoms in total. The molecule has 1 N–H and O–H groups in total. The molecule has 140 valence electrons. The van der Waals surface area contributed by atoms with E-state index in [4.69, 9.17) is 9.52 Å². The molecule has 0 fully saturated rings. The van der Waals surface area contributed by atoms with Crippen LogP contribution in [0.3, 0.4) is 0 Å². The van der Waals surface area contributed by atoms with Gasteiger partial charge in [-0.05, 0) is 23.4 Å². The number of benzene rings is 1. The Labute approximate surface area is 160 Å². The largest absolute Gasteiger partial charge is 0.480 e. The second-order valence-electron chi connectivity index (χ2n) is 5.96. The van der Waals surface area contributed by atoms with Crippen molar-refractivity contribution in [3.05, 3.63) is 58.6 Å². The van der Waals surface area contributed by atoms with E-state index in [9.17, 15) is 9.59 Å². The van der Waals surface area contributed by atoms with E-state index < -0.39 is 5.97 Å². The molecule has 0 radical (unpaired) electrons. The zero-order valence-electron chi connectivity index (χ0n) is 14.6. The molecule has 1 aromatic carbocycles. The van der Waals surface area contributed by atoms with Crippen LogP contribution in [0.25, 0.3) is 11.5 Å². The van der Waals surface area contributed by atoms with Gasteiger partial charge in [-0.15, -0.1) is 10.2 Å². The Bertz CT molecular complexity index is 878. The molecule has 0 saturated heterocycles. The normalized spacial score (nSPS) is 10.7. The van der Waals surface area contributed by atoms with E-state index in [-0.39, 0.29) is 25.3 Å². The van der Waals surface area contributed by atoms with Gasteiger partial charge in [-0.25, -0.2) is 0 Å². The molecule has 0 aliphatic rings. The highest BCUT2D eigenvalue weighted by Crippen LogP contribution is 2.20. The maximum Gasteiger partial charge on any atom is 0.323 e. The number of rotatable bonds is 9. The van der Waals surface area contributed by atoms with E-state index in [2.05, 4.69) is 10.2 Å². The monoisotopic (exact) mass is 385 g/mol. The van der Waals surface area contributed by atoms with E-state index in [0.717, 1.165) is 11.1 Å². The lowest BCUT2D eigenvalue weighted by Crippen LogP contribution is -2.37. The predicted octanol–water partition coefficient (Wildman–Crippen LogP) is 2.89. The highest BCUT2D eigenvalue weighted by atomic mass is 32.1. The van der Waals surface area contributed by atoms with Crippen LogP contribution >= 0.6 is 11.3 Å². The van der Waals surface area contributed by atoms with E-state index in [1.54, 1.807) is 0 Å². The smallest absolute Gasteiger partial charge is 0.323 e. The molecule has 2 heterocycles. The summed E-state index contributed by atoms with van der Waals surface area (Å²) in [6.07, 6.45) is 0.994. The fourth-order valence-corrected chi connectivity index (χ4v) is 3.22. The number of aryl methyl sites for hydroxylation is 1. The fourth-order valence-electron chi connectivity index (χ4n) is 2.59. The third-order valence-electron chi connectivity index (χ3n) is 3.98. The molecule has 1 amide bonds. The standard InChI is InChI=1S/C19H19N3O4S/c23-17(7-6-16-20-21-19(26-16)15-9-11-27-13-15)22(12-18(24)25)10-8-14-4-2-1-3-5-14/h1-5,9,11,13H,6-8,10,12H2,(H,24,25). The molecule has 8 heteroatoms. The summed E-state index contributed by atoms with van der Waals surface area (Å²) in [6.45, 7) is 0.0226. The van der Waals surface area contributed by atoms with Crippen LogP contribution in [0, 0.1) is 0 Å². The molecule has 0 aliphatic heterocycles. The van der Waals surface area contributed by atoms with Gasteiger partial charge in [-0.3, -0.25) is 9.59 Å². The van der Waals surface area contributed by atoms with Crippen LogP contribution in [0.2, 0.25) is 0 Å². The van der Waals surface area contributed by atoms with Gasteiger partial charge < -0.3 is 14.4 Å². The molecule has 0 saturated carbocycles. The van der Waals surface area contributed by atoms with Gasteiger partial charge in [0.1, 0.15) is 6.54 Å². The number of carboxylic acid groups (broad SMARTS) is 1. The number of carbonyl (C=O) groups excluding carboxylic acids is 1. The number of nitrogens with zero attached hydrogens (tertiary/aromatic N) is 3. The molecule has 0 spiro atoms. The number of carboxylic acids is 1. The first-order valence-electron chi connectivity index (χ1n) is 8.50. The third-order valence-corrected chi connectivity index (χ3v) is 4.66. The van der Waals surface area contributed by atoms with Crippen LogP contribution in [0.5, 0.6) is 0 Å². The minimum Gasteiger partial charge on any atom is -0.480 e. The Hall–Kier alpha value is -3.00. The molecular formula is C19H19N3O4S. The molecule has 0 atom stereocenters. The van der Waals surface area contributed by atoms with Crippen molar-refractivity contribution in [1.82, 2.24) is 15.1 Å². The molecule has 0 unspecified atom stereocenters. The highest BCUT2D eigenvalue weighted by Gasteiger charge is 2.18. The number of thiophene rings is 1. The predicted molar refractivity (Wildman–Crippen MR) is 100 cm³/mol. The summed E-state index contributed by atoms with van der Waals surface area (Å²) in [5.41, 5.74) is 1.90. The van der Waals surface area contributed by atoms with Crippen LogP contribution in [-0.4, -0.2) is 45.2 Å². The first kappa shape index (κ1) is 18.8. The van der Waals surface area contributed by atoms with Gasteiger partial charge in [0.05, 0.1) is 0 Å². The average Bonchev–Trinajstić information content (AvgIpc) is 3.35. The first-order valence-corrected chi connectivity index (χ1v) is 9.44. The van der Waals surface area contributed by atoms with E-state index in [1.165, 1.54) is 16.2 Å². The van der Waals surface area contributed by atoms with E-state index >= 15 is 0 Å². The van der Waals surface area contributed by atoms with Gasteiger partial charge in [-0.1, -0.05) is 30.3 Å². The third kappa shape index (κ3) is 5.49. The minimum atomic E-state index is -1.03. The van der Waals surface area contributed by atoms with Crippen molar-refractivity contribution >= 4 is 23.2 Å². The summed E-state index contributed by atoms with van der Waals surface area (Å²) in [5, 5.41) is 20.8. The Balaban J connectivity index is 1.56. The van der Waals surface area contributed by atoms with E-state index in [0.29, 0.717) is 24.7 Å². The number of amides is 1. The second-order valence-corrected chi connectivity index (χ2v) is 6.74. The molecule has 27 heavy (non-hydrogen) atoms. The molecule has 2 aromatic heterocycles. The van der Waals surface area contributed by atoms with Gasteiger partial charge >= 0.3 is 5.97 Å². The van der Waals surface area contributed by atoms with Gasteiger partial charge in [0.15, 0.2) is 0 Å². The molecule has 0 bridgehead atoms. The topological polar surface area (TPSA) is 96.5 Å². The van der Waals surface area contributed by atoms with Crippen LogP contribution < -0.4 is 0 Å². The zero-order chi connectivity index (χ0) is 19.1. The summed E-state index contributed by atoms with van der Waals surface area (Å²) < 4.78 is 5.57. The van der Waals surface area contributed by atoms with Crippen molar-refractivity contribution in [2.24, 2.45) is 0 Å². The van der Waals surface area contributed by atoms with Crippen molar-refractivity contribution in [3.8, 4) is 11.5 Å². The van der Waals surface area contributed by atoms with Crippen molar-refractivity contribution in [2.45, 2.75) is 19.3 Å². The van der Waals surface area contributed by atoms with Crippen molar-refractivity contribution in [1.29, 1.82) is 0 Å². The Morgan fingerprint density at radius 3 is 2.63 bits per heavy atom. The Morgan fingerprint density at radius 2 is 1.93 bits per heavy atom. The van der Waals surface area contributed by atoms with Crippen molar-refractivity contribution in [2.75, 3.05) is 13.1 Å². The fraction of sp³-hybridized carbons (Fsp3) is 0.263. The van der Waals surface area contributed by atoms with Crippen molar-refractivity contribution < 1.29 is 19.1 Å². The van der Waals surface area contributed by atoms with Gasteiger partial charge in [0.2, 0.25) is 17.7 Å². The average molecular weight is 385 g/mol. The number of hydrogen-bond donors (Lipinski definition) is 1. The number of aliphatic carboxylic acids is 1. The summed E-state index contributed by atoms with van der Waals surface area (Å²) in [6, 6.07) is 11.5. The maximum atomic E-state index is 12.5. The summed E-state index contributed by atoms with van der Waals surface area (Å²) in [4.78, 5) is 24.9. The van der Waals surface area contributed by atoms with Crippen LogP contribution in [0.1, 0.15) is 17.9 Å². The minimum absolute atomic E-state index is 0.118. The molecule has 3 rings (SSSR count). The summed E-state index contributed by atoms with van der Waals surface area (Å²) >= 11 is 1.53. The van der Waals surface area contributed by atoms with Gasteiger partial charge in [0.25, 0.3) is 0 Å². The SMILES string of the molecule is O=C(O)CN(CCc1ccccc1)C(=O)CCc1nnc(-c2ccsc2)o1. The molecule has 0 aliphatic carbocycles. The zero-order valence-corrected chi connectivity index (χ0v) is 15.4. The summed E-state index contributed by atoms with van der Waals surface area (Å²) in [5.74, 6) is -0.495. The molecular weight excluding hydrogens is 366 g/mol. The van der Waals surface area contributed by atoms with Gasteiger partial charge in [0, 0.05) is 30.3 Å². The lowest BCUT2D eigenvalue weighted by Gasteiger charge is -2.20. The second kappa shape index (κ2) is 9.09. The number of aromatic nitrogens is 2. The van der Waals surface area contributed by atoms with Crippen LogP contribution in [-0.2, 0) is 22.4 Å². The Kier molecular flexibility index (Phi) is 6.32. The lowest BCUT2D eigenvalue weighted by atomic mass is 10.1. The number of carbonyl (C=O) groups is 2. The lowest BCUT2D eigenvalue weighted by molar-refractivity contribution is -0.144. The summed E-state index contributed by atoms with van der Waals surface area (Å²) in [7, 11) is 0. The highest BCUT2D eigenvalue weighted by molar-refractivity contribution is 7.08.